The van der Waals surface area contributed by atoms with Crippen LogP contribution in [0.1, 0.15) is 58.3 Å². The molecule has 2 rings (SSSR count). The molecular formula is C15H28N2O. The highest BCUT2D eigenvalue weighted by molar-refractivity contribution is 5.76. The van der Waals surface area contributed by atoms with Gasteiger partial charge in [0.05, 0.1) is 0 Å². The van der Waals surface area contributed by atoms with E-state index in [0.29, 0.717) is 17.9 Å². The maximum atomic E-state index is 12.3. The van der Waals surface area contributed by atoms with Gasteiger partial charge in [0.25, 0.3) is 0 Å². The molecule has 1 saturated heterocycles. The molecule has 1 aliphatic heterocycles. The second-order valence-electron chi connectivity index (χ2n) is 5.99. The molecule has 0 spiro atoms. The number of unbranched alkanes of at least 4 members (excludes halogenated alkanes) is 1. The highest BCUT2D eigenvalue weighted by Crippen LogP contribution is 2.30. The van der Waals surface area contributed by atoms with Gasteiger partial charge in [0.15, 0.2) is 0 Å². The summed E-state index contributed by atoms with van der Waals surface area (Å²) in [5.74, 6) is 1.10. The van der Waals surface area contributed by atoms with Crippen molar-refractivity contribution in [3.8, 4) is 0 Å². The predicted molar refractivity (Wildman–Crippen MR) is 74.5 cm³/mol. The molecular weight excluding hydrogens is 224 g/mol. The van der Waals surface area contributed by atoms with Crippen LogP contribution < -0.4 is 5.32 Å². The minimum absolute atomic E-state index is 0.404. The second-order valence-corrected chi connectivity index (χ2v) is 5.99. The van der Waals surface area contributed by atoms with Gasteiger partial charge in [-0.05, 0) is 44.6 Å². The number of carbonyl (C=O) groups excluding carboxylic acids is 1. The van der Waals surface area contributed by atoms with E-state index in [1.807, 2.05) is 0 Å². The molecule has 2 aliphatic rings. The zero-order chi connectivity index (χ0) is 12.8. The normalized spacial score (nSPS) is 23.9. The standard InChI is InChI=1S/C15H28N2O/c1-2-3-10-17(12-14-8-5-9-16-14)15(18)11-13-6-4-7-13/h13-14,16H,2-12H2,1H3. The molecule has 0 aromatic carbocycles. The minimum atomic E-state index is 0.404. The van der Waals surface area contributed by atoms with E-state index in [4.69, 9.17) is 0 Å². The summed E-state index contributed by atoms with van der Waals surface area (Å²) in [5, 5.41) is 3.51. The third-order valence-electron chi connectivity index (χ3n) is 4.43. The third-order valence-corrected chi connectivity index (χ3v) is 4.43. The first-order valence-corrected chi connectivity index (χ1v) is 7.80. The molecule has 0 bridgehead atoms. The van der Waals surface area contributed by atoms with Crippen molar-refractivity contribution < 1.29 is 4.79 Å². The second kappa shape index (κ2) is 7.13. The molecule has 3 nitrogen and oxygen atoms in total. The van der Waals surface area contributed by atoms with E-state index in [9.17, 15) is 4.79 Å². The summed E-state index contributed by atoms with van der Waals surface area (Å²) in [4.78, 5) is 14.5. The molecule has 3 heteroatoms. The largest absolute Gasteiger partial charge is 0.341 e. The summed E-state index contributed by atoms with van der Waals surface area (Å²) in [6.07, 6.45) is 9.49. The average Bonchev–Trinajstić information content (AvgIpc) is 2.81. The minimum Gasteiger partial charge on any atom is -0.341 e. The van der Waals surface area contributed by atoms with Crippen molar-refractivity contribution in [2.24, 2.45) is 5.92 Å². The Bertz CT molecular complexity index is 257. The van der Waals surface area contributed by atoms with Crippen LogP contribution in [0.5, 0.6) is 0 Å². The topological polar surface area (TPSA) is 32.3 Å². The molecule has 1 saturated carbocycles. The monoisotopic (exact) mass is 252 g/mol. The van der Waals surface area contributed by atoms with Crippen LogP contribution in [0.15, 0.2) is 0 Å². The third kappa shape index (κ3) is 3.98. The van der Waals surface area contributed by atoms with Gasteiger partial charge < -0.3 is 10.2 Å². The lowest BCUT2D eigenvalue weighted by molar-refractivity contribution is -0.133. The average molecular weight is 252 g/mol. The predicted octanol–water partition coefficient (Wildman–Crippen LogP) is 2.56. The fourth-order valence-electron chi connectivity index (χ4n) is 2.92. The lowest BCUT2D eigenvalue weighted by Gasteiger charge is -2.30. The number of rotatable bonds is 7. The molecule has 1 amide bonds. The van der Waals surface area contributed by atoms with Crippen LogP contribution in [-0.2, 0) is 4.79 Å². The van der Waals surface area contributed by atoms with E-state index in [0.717, 1.165) is 32.5 Å². The van der Waals surface area contributed by atoms with Crippen molar-refractivity contribution in [1.29, 1.82) is 0 Å². The summed E-state index contributed by atoms with van der Waals surface area (Å²) >= 11 is 0. The van der Waals surface area contributed by atoms with Crippen molar-refractivity contribution in [1.82, 2.24) is 10.2 Å². The van der Waals surface area contributed by atoms with E-state index in [-0.39, 0.29) is 0 Å². The van der Waals surface area contributed by atoms with Gasteiger partial charge in [-0.25, -0.2) is 0 Å². The number of carbonyl (C=O) groups is 1. The Balaban J connectivity index is 1.79. The van der Waals surface area contributed by atoms with Gasteiger partial charge in [0.2, 0.25) is 5.91 Å². The first-order chi connectivity index (χ1) is 8.79. The number of amides is 1. The molecule has 0 aromatic heterocycles. The Morgan fingerprint density at radius 3 is 2.67 bits per heavy atom. The molecule has 1 aliphatic carbocycles. The number of nitrogens with one attached hydrogen (secondary N) is 1. The first kappa shape index (κ1) is 13.9. The van der Waals surface area contributed by atoms with Crippen LogP contribution >= 0.6 is 0 Å². The van der Waals surface area contributed by atoms with Crippen LogP contribution in [0, 0.1) is 5.92 Å². The molecule has 2 fully saturated rings. The summed E-state index contributed by atoms with van der Waals surface area (Å²) in [7, 11) is 0. The van der Waals surface area contributed by atoms with Gasteiger partial charge in [0.1, 0.15) is 0 Å². The smallest absolute Gasteiger partial charge is 0.222 e. The maximum absolute atomic E-state index is 12.3. The van der Waals surface area contributed by atoms with Crippen LogP contribution in [0.4, 0.5) is 0 Å². The van der Waals surface area contributed by atoms with Gasteiger partial charge in [-0.1, -0.05) is 19.8 Å². The molecule has 1 atom stereocenters. The van der Waals surface area contributed by atoms with Crippen molar-refractivity contribution in [2.45, 2.75) is 64.3 Å². The van der Waals surface area contributed by atoms with Gasteiger partial charge in [0, 0.05) is 25.6 Å². The Labute approximate surface area is 111 Å². The fraction of sp³-hybridized carbons (Fsp3) is 0.933. The zero-order valence-electron chi connectivity index (χ0n) is 11.8. The number of nitrogens with zero attached hydrogens (tertiary/aromatic N) is 1. The van der Waals surface area contributed by atoms with E-state index in [1.54, 1.807) is 0 Å². The fourth-order valence-corrected chi connectivity index (χ4v) is 2.92. The van der Waals surface area contributed by atoms with Crippen molar-refractivity contribution in [3.05, 3.63) is 0 Å². The van der Waals surface area contributed by atoms with E-state index >= 15 is 0 Å². The molecule has 0 aromatic rings. The van der Waals surface area contributed by atoms with Crippen molar-refractivity contribution >= 4 is 5.91 Å². The lowest BCUT2D eigenvalue weighted by atomic mass is 9.82. The molecule has 104 valence electrons. The van der Waals surface area contributed by atoms with Gasteiger partial charge >= 0.3 is 0 Å². The van der Waals surface area contributed by atoms with Crippen LogP contribution in [-0.4, -0.2) is 36.5 Å². The van der Waals surface area contributed by atoms with E-state index in [1.165, 1.54) is 38.5 Å². The molecule has 18 heavy (non-hydrogen) atoms. The van der Waals surface area contributed by atoms with E-state index in [2.05, 4.69) is 17.1 Å². The lowest BCUT2D eigenvalue weighted by Crippen LogP contribution is -2.42. The summed E-state index contributed by atoms with van der Waals surface area (Å²) in [6, 6.07) is 0.548. The van der Waals surface area contributed by atoms with Gasteiger partial charge in [-0.2, -0.15) is 0 Å². The van der Waals surface area contributed by atoms with E-state index < -0.39 is 0 Å². The zero-order valence-corrected chi connectivity index (χ0v) is 11.8. The molecule has 1 N–H and O–H groups in total. The molecule has 1 unspecified atom stereocenters. The van der Waals surface area contributed by atoms with Crippen molar-refractivity contribution in [2.75, 3.05) is 19.6 Å². The van der Waals surface area contributed by atoms with Crippen molar-refractivity contribution in [3.63, 3.8) is 0 Å². The number of hydrogen-bond donors (Lipinski definition) is 1. The quantitative estimate of drug-likeness (QED) is 0.755. The summed E-state index contributed by atoms with van der Waals surface area (Å²) in [5.41, 5.74) is 0. The highest BCUT2D eigenvalue weighted by atomic mass is 16.2. The molecule has 1 heterocycles. The van der Waals surface area contributed by atoms with Crippen LogP contribution in [0.2, 0.25) is 0 Å². The Hall–Kier alpha value is -0.570. The highest BCUT2D eigenvalue weighted by Gasteiger charge is 2.25. The summed E-state index contributed by atoms with van der Waals surface area (Å²) in [6.45, 7) is 5.22. The first-order valence-electron chi connectivity index (χ1n) is 7.80. The summed E-state index contributed by atoms with van der Waals surface area (Å²) < 4.78 is 0. The van der Waals surface area contributed by atoms with Crippen LogP contribution in [0.3, 0.4) is 0 Å². The van der Waals surface area contributed by atoms with Crippen LogP contribution in [0.25, 0.3) is 0 Å². The Kier molecular flexibility index (Phi) is 5.48. The number of hydrogen-bond acceptors (Lipinski definition) is 2. The van der Waals surface area contributed by atoms with Gasteiger partial charge in [-0.15, -0.1) is 0 Å². The van der Waals surface area contributed by atoms with Gasteiger partial charge in [-0.3, -0.25) is 4.79 Å². The Morgan fingerprint density at radius 2 is 2.11 bits per heavy atom. The Morgan fingerprint density at radius 1 is 1.28 bits per heavy atom. The SMILES string of the molecule is CCCCN(CC1CCCN1)C(=O)CC1CCC1. The maximum Gasteiger partial charge on any atom is 0.222 e. The molecule has 0 radical (unpaired) electrons.